The molecule has 3 unspecified atom stereocenters. The fraction of sp³-hybridized carbons (Fsp3) is 0.263. The lowest BCUT2D eigenvalue weighted by Gasteiger charge is -2.37. The van der Waals surface area contributed by atoms with Crippen molar-refractivity contribution in [3.8, 4) is 11.5 Å². The van der Waals surface area contributed by atoms with Crippen molar-refractivity contribution >= 4 is 15.7 Å². The third-order valence-electron chi connectivity index (χ3n) is 5.23. The van der Waals surface area contributed by atoms with Gasteiger partial charge in [0.2, 0.25) is 10.0 Å². The van der Waals surface area contributed by atoms with Crippen molar-refractivity contribution in [2.75, 3.05) is 12.4 Å². The first-order chi connectivity index (χ1) is 12.4. The van der Waals surface area contributed by atoms with Crippen LogP contribution >= 0.6 is 0 Å². The van der Waals surface area contributed by atoms with E-state index in [0.29, 0.717) is 5.75 Å². The second-order valence-corrected chi connectivity index (χ2v) is 8.26. The molecule has 136 valence electrons. The summed E-state index contributed by atoms with van der Waals surface area (Å²) in [6.45, 7) is 0. The molecule has 0 amide bonds. The van der Waals surface area contributed by atoms with Crippen molar-refractivity contribution in [2.24, 2.45) is 11.1 Å². The summed E-state index contributed by atoms with van der Waals surface area (Å²) >= 11 is 0. The second-order valence-electron chi connectivity index (χ2n) is 6.70. The third kappa shape index (κ3) is 2.73. The summed E-state index contributed by atoms with van der Waals surface area (Å²) in [6.07, 6.45) is 5.13. The van der Waals surface area contributed by atoms with Gasteiger partial charge >= 0.3 is 0 Å². The number of benzene rings is 2. The molecule has 1 aliphatic carbocycles. The number of phenols is 1. The van der Waals surface area contributed by atoms with Gasteiger partial charge in [-0.15, -0.1) is 0 Å². The minimum absolute atomic E-state index is 0.0253. The number of rotatable bonds is 3. The zero-order valence-electron chi connectivity index (χ0n) is 14.2. The van der Waals surface area contributed by atoms with E-state index in [2.05, 4.69) is 17.5 Å². The Hall–Kier alpha value is -2.51. The molecule has 6 nitrogen and oxygen atoms in total. The van der Waals surface area contributed by atoms with Crippen LogP contribution in [0.5, 0.6) is 11.5 Å². The summed E-state index contributed by atoms with van der Waals surface area (Å²) in [5, 5.41) is 18.7. The van der Waals surface area contributed by atoms with E-state index >= 15 is 0 Å². The van der Waals surface area contributed by atoms with Crippen LogP contribution < -0.4 is 15.2 Å². The lowest BCUT2D eigenvalue weighted by molar-refractivity contribution is 0.370. The van der Waals surface area contributed by atoms with E-state index in [-0.39, 0.29) is 28.5 Å². The summed E-state index contributed by atoms with van der Waals surface area (Å²) in [6, 6.07) is 10.3. The quantitative estimate of drug-likeness (QED) is 0.719. The molecule has 0 radical (unpaired) electrons. The van der Waals surface area contributed by atoms with Gasteiger partial charge in [-0.25, -0.2) is 13.6 Å². The normalized spacial score (nSPS) is 23.8. The fourth-order valence-corrected chi connectivity index (χ4v) is 4.52. The topological polar surface area (TPSA) is 102 Å². The van der Waals surface area contributed by atoms with Crippen LogP contribution in [-0.4, -0.2) is 20.6 Å². The minimum atomic E-state index is -3.74. The lowest BCUT2D eigenvalue weighted by atomic mass is 9.77. The zero-order valence-corrected chi connectivity index (χ0v) is 15.0. The fourth-order valence-electron chi connectivity index (χ4n) is 3.97. The van der Waals surface area contributed by atoms with Crippen molar-refractivity contribution < 1.29 is 18.3 Å². The molecule has 7 heteroatoms. The molecule has 4 N–H and O–H groups in total. The first kappa shape index (κ1) is 16.9. The molecule has 1 heterocycles. The highest BCUT2D eigenvalue weighted by Gasteiger charge is 2.38. The van der Waals surface area contributed by atoms with Crippen LogP contribution in [0.3, 0.4) is 0 Å². The number of fused-ring (bicyclic) bond motifs is 3. The lowest BCUT2D eigenvalue weighted by Crippen LogP contribution is -2.29. The van der Waals surface area contributed by atoms with Crippen LogP contribution in [0.25, 0.3) is 0 Å². The Kier molecular flexibility index (Phi) is 3.93. The molecule has 4 rings (SSSR count). The summed E-state index contributed by atoms with van der Waals surface area (Å²) in [7, 11) is -2.22. The predicted molar refractivity (Wildman–Crippen MR) is 98.8 cm³/mol. The minimum Gasteiger partial charge on any atom is -0.504 e. The van der Waals surface area contributed by atoms with E-state index in [9.17, 15) is 13.5 Å². The van der Waals surface area contributed by atoms with Gasteiger partial charge in [-0.1, -0.05) is 18.2 Å². The smallest absolute Gasteiger partial charge is 0.238 e. The Bertz CT molecular complexity index is 1000. The zero-order chi connectivity index (χ0) is 18.5. The summed E-state index contributed by atoms with van der Waals surface area (Å²) < 4.78 is 28.6. The molecule has 0 spiro atoms. The monoisotopic (exact) mass is 372 g/mol. The van der Waals surface area contributed by atoms with Gasteiger partial charge in [-0.05, 0) is 53.8 Å². The van der Waals surface area contributed by atoms with Gasteiger partial charge in [-0.3, -0.25) is 0 Å². The highest BCUT2D eigenvalue weighted by atomic mass is 32.2. The number of ether oxygens (including phenoxy) is 1. The van der Waals surface area contributed by atoms with Crippen molar-refractivity contribution in [3.05, 3.63) is 59.7 Å². The maximum Gasteiger partial charge on any atom is 0.238 e. The molecular weight excluding hydrogens is 352 g/mol. The van der Waals surface area contributed by atoms with Gasteiger partial charge in [0, 0.05) is 11.6 Å². The van der Waals surface area contributed by atoms with Crippen LogP contribution in [0.15, 0.2) is 53.4 Å². The van der Waals surface area contributed by atoms with Gasteiger partial charge in [0.05, 0.1) is 18.0 Å². The van der Waals surface area contributed by atoms with Gasteiger partial charge in [0.15, 0.2) is 11.5 Å². The molecule has 0 saturated carbocycles. The van der Waals surface area contributed by atoms with Crippen LogP contribution in [0.2, 0.25) is 0 Å². The number of methoxy groups -OCH3 is 1. The average molecular weight is 372 g/mol. The molecule has 3 atom stereocenters. The maximum atomic E-state index is 11.7. The molecule has 0 fully saturated rings. The van der Waals surface area contributed by atoms with E-state index in [1.54, 1.807) is 18.2 Å². The number of anilines is 1. The van der Waals surface area contributed by atoms with Gasteiger partial charge < -0.3 is 15.2 Å². The number of nitrogens with two attached hydrogens (primary N) is 1. The molecule has 1 aliphatic heterocycles. The van der Waals surface area contributed by atoms with Crippen LogP contribution in [-0.2, 0) is 10.0 Å². The number of phenolic OH excluding ortho intramolecular Hbond substituents is 1. The number of nitrogens with one attached hydrogen (secondary N) is 1. The second kappa shape index (κ2) is 6.03. The number of primary sulfonamides is 1. The Morgan fingerprint density at radius 2 is 2.04 bits per heavy atom. The first-order valence-corrected chi connectivity index (χ1v) is 9.90. The molecule has 2 aromatic rings. The van der Waals surface area contributed by atoms with Gasteiger partial charge in [0.1, 0.15) is 0 Å². The summed E-state index contributed by atoms with van der Waals surface area (Å²) in [5.41, 5.74) is 2.85. The van der Waals surface area contributed by atoms with Gasteiger partial charge in [-0.2, -0.15) is 0 Å². The number of hydrogen-bond donors (Lipinski definition) is 3. The molecular formula is C19H20N2O4S. The van der Waals surface area contributed by atoms with Crippen LogP contribution in [0.4, 0.5) is 5.69 Å². The number of allylic oxidation sites excluding steroid dienone is 2. The maximum absolute atomic E-state index is 11.7. The Labute approximate surface area is 152 Å². The Balaban J connectivity index is 1.78. The van der Waals surface area contributed by atoms with E-state index in [4.69, 9.17) is 9.88 Å². The van der Waals surface area contributed by atoms with Crippen molar-refractivity contribution in [2.45, 2.75) is 23.3 Å². The molecule has 26 heavy (non-hydrogen) atoms. The van der Waals surface area contributed by atoms with Crippen molar-refractivity contribution in [1.29, 1.82) is 0 Å². The summed E-state index contributed by atoms with van der Waals surface area (Å²) in [4.78, 5) is 0.127. The highest BCUT2D eigenvalue weighted by molar-refractivity contribution is 7.89. The number of aromatic hydroxyl groups is 1. The molecule has 2 aromatic carbocycles. The first-order valence-electron chi connectivity index (χ1n) is 8.35. The van der Waals surface area contributed by atoms with E-state index in [1.165, 1.54) is 13.2 Å². The third-order valence-corrected chi connectivity index (χ3v) is 6.14. The average Bonchev–Trinajstić information content (AvgIpc) is 3.10. The number of sulfonamides is 1. The largest absolute Gasteiger partial charge is 0.504 e. The predicted octanol–water partition coefficient (Wildman–Crippen LogP) is 2.87. The molecule has 0 aromatic heterocycles. The molecule has 2 aliphatic rings. The van der Waals surface area contributed by atoms with E-state index < -0.39 is 10.0 Å². The number of hydrogen-bond acceptors (Lipinski definition) is 5. The van der Waals surface area contributed by atoms with Crippen molar-refractivity contribution in [3.63, 3.8) is 0 Å². The Morgan fingerprint density at radius 3 is 2.77 bits per heavy atom. The van der Waals surface area contributed by atoms with Gasteiger partial charge in [0.25, 0.3) is 0 Å². The SMILES string of the molecule is COc1cc(C2Nc3ccc(S(N)(=O)=O)cc3C3C=CCC32)ccc1O. The summed E-state index contributed by atoms with van der Waals surface area (Å²) in [5.74, 6) is 0.888. The van der Waals surface area contributed by atoms with E-state index in [0.717, 1.165) is 23.2 Å². The van der Waals surface area contributed by atoms with Crippen molar-refractivity contribution in [1.82, 2.24) is 0 Å². The molecule has 0 saturated heterocycles. The van der Waals surface area contributed by atoms with Crippen LogP contribution in [0.1, 0.15) is 29.5 Å². The van der Waals surface area contributed by atoms with Crippen LogP contribution in [0, 0.1) is 5.92 Å². The Morgan fingerprint density at radius 1 is 1.23 bits per heavy atom. The van der Waals surface area contributed by atoms with E-state index in [1.807, 2.05) is 12.1 Å². The standard InChI is InChI=1S/C19H20N2O4S/c1-25-18-9-11(5-8-17(18)22)19-14-4-2-3-13(14)15-10-12(26(20,23)24)6-7-16(15)21-19/h2-3,5-10,13-14,19,21-22H,4H2,1H3,(H2,20,23,24). The molecule has 0 bridgehead atoms. The highest BCUT2D eigenvalue weighted by Crippen LogP contribution is 2.50.